The highest BCUT2D eigenvalue weighted by molar-refractivity contribution is 9.10. The van der Waals surface area contributed by atoms with Crippen LogP contribution >= 0.6 is 27.5 Å². The fraction of sp³-hybridized carbons (Fsp3) is 0.182. The molecular weight excluding hydrogens is 302 g/mol. The van der Waals surface area contributed by atoms with E-state index in [4.69, 9.17) is 0 Å². The van der Waals surface area contributed by atoms with Crippen LogP contribution in [0.15, 0.2) is 28.7 Å². The van der Waals surface area contributed by atoms with Gasteiger partial charge in [0.25, 0.3) is 5.91 Å². The number of aryl methyl sites for hydroxylation is 1. The van der Waals surface area contributed by atoms with Gasteiger partial charge in [-0.1, -0.05) is 32.6 Å². The molecule has 1 amide bonds. The van der Waals surface area contributed by atoms with Gasteiger partial charge < -0.3 is 5.32 Å². The van der Waals surface area contributed by atoms with Gasteiger partial charge in [0, 0.05) is 11.0 Å². The van der Waals surface area contributed by atoms with Crippen LogP contribution in [0.25, 0.3) is 0 Å². The highest BCUT2D eigenvalue weighted by atomic mass is 79.9. The normalized spacial score (nSPS) is 10.2. The van der Waals surface area contributed by atoms with E-state index in [0.717, 1.165) is 21.6 Å². The molecule has 0 atom stereocenters. The molecule has 0 radical (unpaired) electrons. The van der Waals surface area contributed by atoms with Crippen LogP contribution in [0.1, 0.15) is 20.9 Å². The Kier molecular flexibility index (Phi) is 3.86. The van der Waals surface area contributed by atoms with Crippen LogP contribution in [0, 0.1) is 6.92 Å². The van der Waals surface area contributed by atoms with Crippen molar-refractivity contribution in [1.29, 1.82) is 0 Å². The molecular formula is C11H10BrN3OS. The Morgan fingerprint density at radius 1 is 1.53 bits per heavy atom. The lowest BCUT2D eigenvalue weighted by Gasteiger charge is -2.04. The fourth-order valence-electron chi connectivity index (χ4n) is 1.35. The first-order chi connectivity index (χ1) is 8.16. The Balaban J connectivity index is 1.99. The Morgan fingerprint density at radius 2 is 2.35 bits per heavy atom. The van der Waals surface area contributed by atoms with E-state index in [1.54, 1.807) is 6.92 Å². The van der Waals surface area contributed by atoms with Crippen molar-refractivity contribution in [2.45, 2.75) is 13.5 Å². The molecule has 17 heavy (non-hydrogen) atoms. The lowest BCUT2D eigenvalue weighted by atomic mass is 10.2. The van der Waals surface area contributed by atoms with Gasteiger partial charge in [0.15, 0.2) is 0 Å². The molecule has 0 bridgehead atoms. The first-order valence-electron chi connectivity index (χ1n) is 4.98. The molecule has 0 saturated heterocycles. The van der Waals surface area contributed by atoms with Gasteiger partial charge in [-0.15, -0.1) is 5.10 Å². The Bertz CT molecular complexity index is 541. The van der Waals surface area contributed by atoms with Crippen LogP contribution in [0.4, 0.5) is 0 Å². The summed E-state index contributed by atoms with van der Waals surface area (Å²) in [6.45, 7) is 2.27. The second kappa shape index (κ2) is 5.37. The van der Waals surface area contributed by atoms with Crippen molar-refractivity contribution in [3.8, 4) is 0 Å². The third-order valence-electron chi connectivity index (χ3n) is 2.20. The van der Waals surface area contributed by atoms with Crippen LogP contribution in [0.5, 0.6) is 0 Å². The highest BCUT2D eigenvalue weighted by Crippen LogP contribution is 2.12. The van der Waals surface area contributed by atoms with Crippen molar-refractivity contribution in [2.24, 2.45) is 0 Å². The number of hydrogen-bond donors (Lipinski definition) is 1. The van der Waals surface area contributed by atoms with Gasteiger partial charge in [0.05, 0.1) is 5.69 Å². The van der Waals surface area contributed by atoms with Crippen molar-refractivity contribution < 1.29 is 4.79 Å². The minimum atomic E-state index is -0.127. The number of nitrogens with one attached hydrogen (secondary N) is 1. The standard InChI is InChI=1S/C11H10BrN3OS/c1-7-10(17-15-14-7)11(16)13-6-8-3-2-4-9(12)5-8/h2-5H,6H2,1H3,(H,13,16). The van der Waals surface area contributed by atoms with Crippen molar-refractivity contribution in [3.63, 3.8) is 0 Å². The predicted molar refractivity (Wildman–Crippen MR) is 70.0 cm³/mol. The number of nitrogens with zero attached hydrogens (tertiary/aromatic N) is 2. The average Bonchev–Trinajstić information content (AvgIpc) is 2.72. The number of benzene rings is 1. The van der Waals surface area contributed by atoms with Gasteiger partial charge in [-0.2, -0.15) is 0 Å². The summed E-state index contributed by atoms with van der Waals surface area (Å²) >= 11 is 4.50. The first-order valence-corrected chi connectivity index (χ1v) is 6.55. The van der Waals surface area contributed by atoms with E-state index in [2.05, 4.69) is 30.8 Å². The summed E-state index contributed by atoms with van der Waals surface area (Å²) in [5.74, 6) is -0.127. The molecule has 0 spiro atoms. The Hall–Kier alpha value is -1.27. The molecule has 1 aromatic heterocycles. The maximum Gasteiger partial charge on any atom is 0.265 e. The molecule has 1 aromatic carbocycles. The highest BCUT2D eigenvalue weighted by Gasteiger charge is 2.12. The second-order valence-corrected chi connectivity index (χ2v) is 5.17. The van der Waals surface area contributed by atoms with Crippen molar-refractivity contribution in [2.75, 3.05) is 0 Å². The molecule has 1 heterocycles. The summed E-state index contributed by atoms with van der Waals surface area (Å²) in [5.41, 5.74) is 1.71. The maximum atomic E-state index is 11.8. The maximum absolute atomic E-state index is 11.8. The SMILES string of the molecule is Cc1nnsc1C(=O)NCc1cccc(Br)c1. The molecule has 4 nitrogen and oxygen atoms in total. The van der Waals surface area contributed by atoms with Gasteiger partial charge in [0.1, 0.15) is 4.88 Å². The molecule has 0 aliphatic carbocycles. The fourth-order valence-corrected chi connectivity index (χ4v) is 2.37. The molecule has 1 N–H and O–H groups in total. The smallest absolute Gasteiger partial charge is 0.265 e. The Labute approximate surface area is 111 Å². The molecule has 0 unspecified atom stereocenters. The van der Waals surface area contributed by atoms with E-state index in [1.807, 2.05) is 24.3 Å². The van der Waals surface area contributed by atoms with Crippen LogP contribution < -0.4 is 5.32 Å². The molecule has 88 valence electrons. The zero-order chi connectivity index (χ0) is 12.3. The summed E-state index contributed by atoms with van der Waals surface area (Å²) < 4.78 is 4.74. The van der Waals surface area contributed by atoms with E-state index in [0.29, 0.717) is 17.1 Å². The monoisotopic (exact) mass is 311 g/mol. The van der Waals surface area contributed by atoms with Gasteiger partial charge >= 0.3 is 0 Å². The molecule has 0 aliphatic rings. The van der Waals surface area contributed by atoms with E-state index in [9.17, 15) is 4.79 Å². The molecule has 6 heteroatoms. The summed E-state index contributed by atoms with van der Waals surface area (Å²) in [5, 5.41) is 6.65. The second-order valence-electron chi connectivity index (χ2n) is 3.50. The quantitative estimate of drug-likeness (QED) is 0.947. The van der Waals surface area contributed by atoms with Crippen LogP contribution in [0.3, 0.4) is 0 Å². The largest absolute Gasteiger partial charge is 0.347 e. The third kappa shape index (κ3) is 3.10. The molecule has 0 fully saturated rings. The topological polar surface area (TPSA) is 54.9 Å². The summed E-state index contributed by atoms with van der Waals surface area (Å²) in [4.78, 5) is 12.4. The van der Waals surface area contributed by atoms with E-state index in [1.165, 1.54) is 0 Å². The van der Waals surface area contributed by atoms with Gasteiger partial charge in [-0.05, 0) is 36.2 Å². The van der Waals surface area contributed by atoms with Crippen molar-refractivity contribution in [3.05, 3.63) is 44.9 Å². The predicted octanol–water partition coefficient (Wildman–Crippen LogP) is 2.54. The van der Waals surface area contributed by atoms with Gasteiger partial charge in [-0.3, -0.25) is 4.79 Å². The number of carbonyl (C=O) groups is 1. The van der Waals surface area contributed by atoms with Gasteiger partial charge in [0.2, 0.25) is 0 Å². The number of carbonyl (C=O) groups excluding carboxylic acids is 1. The van der Waals surface area contributed by atoms with Crippen molar-refractivity contribution in [1.82, 2.24) is 14.9 Å². The molecule has 0 saturated carbocycles. The van der Waals surface area contributed by atoms with Crippen molar-refractivity contribution >= 4 is 33.4 Å². The van der Waals surface area contributed by atoms with Gasteiger partial charge in [-0.25, -0.2) is 0 Å². The third-order valence-corrected chi connectivity index (χ3v) is 3.52. The van der Waals surface area contributed by atoms with E-state index < -0.39 is 0 Å². The molecule has 2 rings (SSSR count). The lowest BCUT2D eigenvalue weighted by molar-refractivity contribution is 0.0954. The summed E-state index contributed by atoms with van der Waals surface area (Å²) in [6, 6.07) is 7.81. The minimum Gasteiger partial charge on any atom is -0.347 e. The summed E-state index contributed by atoms with van der Waals surface area (Å²) in [7, 11) is 0. The zero-order valence-corrected chi connectivity index (χ0v) is 11.5. The molecule has 2 aromatic rings. The zero-order valence-electron chi connectivity index (χ0n) is 9.11. The number of hydrogen-bond acceptors (Lipinski definition) is 4. The number of halogens is 1. The number of aromatic nitrogens is 2. The van der Waals surface area contributed by atoms with Crippen LogP contribution in [-0.2, 0) is 6.54 Å². The van der Waals surface area contributed by atoms with Crippen LogP contribution in [0.2, 0.25) is 0 Å². The minimum absolute atomic E-state index is 0.127. The van der Waals surface area contributed by atoms with E-state index in [-0.39, 0.29) is 5.91 Å². The average molecular weight is 312 g/mol. The van der Waals surface area contributed by atoms with E-state index >= 15 is 0 Å². The summed E-state index contributed by atoms with van der Waals surface area (Å²) in [6.07, 6.45) is 0. The lowest BCUT2D eigenvalue weighted by Crippen LogP contribution is -2.22. The Morgan fingerprint density at radius 3 is 3.00 bits per heavy atom. The number of rotatable bonds is 3. The first kappa shape index (κ1) is 12.2. The molecule has 0 aliphatic heterocycles. The van der Waals surface area contributed by atoms with Crippen LogP contribution in [-0.4, -0.2) is 15.5 Å². The number of amides is 1.